The van der Waals surface area contributed by atoms with E-state index in [-0.39, 0.29) is 17.0 Å². The molecule has 0 radical (unpaired) electrons. The van der Waals surface area contributed by atoms with Gasteiger partial charge in [-0.3, -0.25) is 4.79 Å². The third-order valence-electron chi connectivity index (χ3n) is 5.37. The number of aromatic carboxylic acids is 1. The van der Waals surface area contributed by atoms with Gasteiger partial charge in [0.15, 0.2) is 5.78 Å². The predicted octanol–water partition coefficient (Wildman–Crippen LogP) is 3.62. The Labute approximate surface area is 167 Å². The summed E-state index contributed by atoms with van der Waals surface area (Å²) in [6, 6.07) is 8.05. The Kier molecular flexibility index (Phi) is 5.84. The number of aliphatic hydroxyl groups is 1. The van der Waals surface area contributed by atoms with E-state index in [9.17, 15) is 24.2 Å². The molecule has 0 amide bonds. The standard InChI is InChI=1S/C21H21ClFNO4/c1-21(28,13-6-8-24-9-7-13)14-10-16(20(26)27)18(17(23)11-14)19(25)12-2-4-15(22)5-3-12/h2-5,10-11,13,24,28H,6-9H2,1H3,(H,26,27). The van der Waals surface area contributed by atoms with Crippen molar-refractivity contribution in [2.75, 3.05) is 13.1 Å². The number of benzene rings is 2. The molecule has 0 saturated carbocycles. The van der Waals surface area contributed by atoms with Crippen molar-refractivity contribution in [3.05, 3.63) is 69.5 Å². The van der Waals surface area contributed by atoms with E-state index in [1.807, 2.05) is 0 Å². The smallest absolute Gasteiger partial charge is 0.336 e. The quantitative estimate of drug-likeness (QED) is 0.661. The lowest BCUT2D eigenvalue weighted by molar-refractivity contribution is -0.0189. The summed E-state index contributed by atoms with van der Waals surface area (Å²) in [6.45, 7) is 3.01. The maximum absolute atomic E-state index is 15.0. The predicted molar refractivity (Wildman–Crippen MR) is 103 cm³/mol. The van der Waals surface area contributed by atoms with Crippen LogP contribution in [0.5, 0.6) is 0 Å². The molecule has 1 aliphatic rings. The molecular formula is C21H21ClFNO4. The zero-order valence-corrected chi connectivity index (χ0v) is 16.1. The van der Waals surface area contributed by atoms with Gasteiger partial charge < -0.3 is 15.5 Å². The normalized spacial score (nSPS) is 17.1. The van der Waals surface area contributed by atoms with E-state index in [0.717, 1.165) is 19.2 Å². The van der Waals surface area contributed by atoms with E-state index in [2.05, 4.69) is 5.32 Å². The van der Waals surface area contributed by atoms with Gasteiger partial charge in [-0.2, -0.15) is 0 Å². The second kappa shape index (κ2) is 7.99. The zero-order chi connectivity index (χ0) is 20.5. The second-order valence-corrected chi connectivity index (χ2v) is 7.63. The molecule has 2 aromatic rings. The molecule has 148 valence electrons. The summed E-state index contributed by atoms with van der Waals surface area (Å²) in [6.07, 6.45) is 1.37. The van der Waals surface area contributed by atoms with Crippen LogP contribution in [0.25, 0.3) is 0 Å². The lowest BCUT2D eigenvalue weighted by Gasteiger charge is -2.36. The number of hydrogen-bond donors (Lipinski definition) is 3. The van der Waals surface area contributed by atoms with E-state index in [1.54, 1.807) is 6.92 Å². The molecule has 1 aliphatic heterocycles. The molecular weight excluding hydrogens is 385 g/mol. The van der Waals surface area contributed by atoms with Crippen molar-refractivity contribution in [2.45, 2.75) is 25.4 Å². The number of hydrogen-bond acceptors (Lipinski definition) is 4. The molecule has 1 saturated heterocycles. The molecule has 0 aromatic heterocycles. The molecule has 7 heteroatoms. The topological polar surface area (TPSA) is 86.6 Å². The Balaban J connectivity index is 2.06. The van der Waals surface area contributed by atoms with Gasteiger partial charge in [-0.15, -0.1) is 0 Å². The van der Waals surface area contributed by atoms with Crippen molar-refractivity contribution < 1.29 is 24.2 Å². The highest BCUT2D eigenvalue weighted by molar-refractivity contribution is 6.30. The summed E-state index contributed by atoms with van der Waals surface area (Å²) in [5, 5.41) is 24.2. The van der Waals surface area contributed by atoms with Crippen molar-refractivity contribution in [3.63, 3.8) is 0 Å². The number of carbonyl (C=O) groups excluding carboxylic acids is 1. The van der Waals surface area contributed by atoms with E-state index in [1.165, 1.54) is 30.3 Å². The maximum Gasteiger partial charge on any atom is 0.336 e. The first-order valence-electron chi connectivity index (χ1n) is 9.02. The third-order valence-corrected chi connectivity index (χ3v) is 5.62. The molecule has 0 bridgehead atoms. The Morgan fingerprint density at radius 2 is 1.79 bits per heavy atom. The minimum Gasteiger partial charge on any atom is -0.478 e. The van der Waals surface area contributed by atoms with Gasteiger partial charge in [0.1, 0.15) is 5.82 Å². The van der Waals surface area contributed by atoms with E-state index >= 15 is 0 Å². The highest BCUT2D eigenvalue weighted by Crippen LogP contribution is 2.36. The van der Waals surface area contributed by atoms with Crippen LogP contribution >= 0.6 is 11.6 Å². The summed E-state index contributed by atoms with van der Waals surface area (Å²) < 4.78 is 15.0. The van der Waals surface area contributed by atoms with Crippen LogP contribution in [0.15, 0.2) is 36.4 Å². The van der Waals surface area contributed by atoms with Gasteiger partial charge in [-0.25, -0.2) is 9.18 Å². The fourth-order valence-corrected chi connectivity index (χ4v) is 3.79. The molecule has 3 N–H and O–H groups in total. The van der Waals surface area contributed by atoms with Crippen LogP contribution in [0.1, 0.15) is 51.6 Å². The van der Waals surface area contributed by atoms with Crippen molar-refractivity contribution >= 4 is 23.4 Å². The van der Waals surface area contributed by atoms with Gasteiger partial charge in [0, 0.05) is 10.6 Å². The number of rotatable bonds is 5. The van der Waals surface area contributed by atoms with Gasteiger partial charge in [-0.05, 0) is 80.7 Å². The Bertz CT molecular complexity index is 905. The summed E-state index contributed by atoms with van der Waals surface area (Å²) in [7, 11) is 0. The minimum atomic E-state index is -1.43. The van der Waals surface area contributed by atoms with Gasteiger partial charge in [0.2, 0.25) is 0 Å². The van der Waals surface area contributed by atoms with Crippen molar-refractivity contribution in [1.29, 1.82) is 0 Å². The van der Waals surface area contributed by atoms with Gasteiger partial charge >= 0.3 is 5.97 Å². The average Bonchev–Trinajstić information content (AvgIpc) is 2.68. The monoisotopic (exact) mass is 405 g/mol. The van der Waals surface area contributed by atoms with Crippen LogP contribution in [0.3, 0.4) is 0 Å². The minimum absolute atomic E-state index is 0.128. The van der Waals surface area contributed by atoms with Crippen LogP contribution in [-0.4, -0.2) is 35.1 Å². The van der Waals surface area contributed by atoms with Crippen LogP contribution in [0.4, 0.5) is 4.39 Å². The summed E-state index contributed by atoms with van der Waals surface area (Å²) in [5.74, 6) is -3.30. The van der Waals surface area contributed by atoms with E-state index in [4.69, 9.17) is 11.6 Å². The first kappa shape index (κ1) is 20.5. The van der Waals surface area contributed by atoms with Gasteiger partial charge in [0.25, 0.3) is 0 Å². The Morgan fingerprint density at radius 1 is 1.18 bits per heavy atom. The van der Waals surface area contributed by atoms with E-state index < -0.39 is 34.3 Å². The molecule has 1 unspecified atom stereocenters. The van der Waals surface area contributed by atoms with E-state index in [0.29, 0.717) is 17.9 Å². The highest BCUT2D eigenvalue weighted by atomic mass is 35.5. The lowest BCUT2D eigenvalue weighted by atomic mass is 9.76. The van der Waals surface area contributed by atoms with Gasteiger partial charge in [-0.1, -0.05) is 11.6 Å². The van der Waals surface area contributed by atoms with Crippen molar-refractivity contribution in [1.82, 2.24) is 5.32 Å². The molecule has 1 fully saturated rings. The molecule has 28 heavy (non-hydrogen) atoms. The summed E-state index contributed by atoms with van der Waals surface area (Å²) in [4.78, 5) is 24.5. The van der Waals surface area contributed by atoms with Crippen LogP contribution in [0, 0.1) is 11.7 Å². The zero-order valence-electron chi connectivity index (χ0n) is 15.3. The van der Waals surface area contributed by atoms with Gasteiger partial charge in [0.05, 0.1) is 16.7 Å². The highest BCUT2D eigenvalue weighted by Gasteiger charge is 2.36. The molecule has 3 rings (SSSR count). The Morgan fingerprint density at radius 3 is 2.36 bits per heavy atom. The lowest BCUT2D eigenvalue weighted by Crippen LogP contribution is -2.40. The Hall–Kier alpha value is -2.28. The fourth-order valence-electron chi connectivity index (χ4n) is 3.66. The third kappa shape index (κ3) is 3.94. The number of piperidine rings is 1. The summed E-state index contributed by atoms with van der Waals surface area (Å²) in [5.41, 5.74) is -2.12. The molecule has 1 heterocycles. The number of ketones is 1. The number of carboxylic acid groups (broad SMARTS) is 1. The largest absolute Gasteiger partial charge is 0.478 e. The number of carboxylic acids is 1. The molecule has 5 nitrogen and oxygen atoms in total. The van der Waals surface area contributed by atoms with Crippen molar-refractivity contribution in [2.24, 2.45) is 5.92 Å². The summed E-state index contributed by atoms with van der Waals surface area (Å²) >= 11 is 5.81. The first-order valence-corrected chi connectivity index (χ1v) is 9.40. The van der Waals surface area contributed by atoms with Crippen LogP contribution in [0.2, 0.25) is 5.02 Å². The molecule has 2 aromatic carbocycles. The fraction of sp³-hybridized carbons (Fsp3) is 0.333. The maximum atomic E-state index is 15.0. The number of nitrogens with one attached hydrogen (secondary N) is 1. The second-order valence-electron chi connectivity index (χ2n) is 7.19. The average molecular weight is 406 g/mol. The molecule has 0 spiro atoms. The SMILES string of the molecule is CC(O)(c1cc(F)c(C(=O)c2ccc(Cl)cc2)c(C(=O)O)c1)C1CCNCC1. The molecule has 0 aliphatic carbocycles. The first-order chi connectivity index (χ1) is 13.2. The number of halogens is 2. The molecule has 1 atom stereocenters. The number of carbonyl (C=O) groups is 2. The van der Waals surface area contributed by atoms with Crippen molar-refractivity contribution in [3.8, 4) is 0 Å². The van der Waals surface area contributed by atoms with Crippen LogP contribution < -0.4 is 5.32 Å². The van der Waals surface area contributed by atoms with Crippen LogP contribution in [-0.2, 0) is 5.60 Å².